The van der Waals surface area contributed by atoms with Crippen molar-refractivity contribution >= 4 is 33.4 Å². The van der Waals surface area contributed by atoms with Gasteiger partial charge in [-0.3, -0.25) is 0 Å². The summed E-state index contributed by atoms with van der Waals surface area (Å²) in [6.45, 7) is 5.38. The van der Waals surface area contributed by atoms with E-state index >= 15 is 0 Å². The molecule has 1 heterocycles. The van der Waals surface area contributed by atoms with Gasteiger partial charge in [0.05, 0.1) is 13.1 Å². The number of nitrogens with zero attached hydrogens (tertiary/aromatic N) is 1. The average molecular weight is 398 g/mol. The van der Waals surface area contributed by atoms with Crippen LogP contribution in [0.5, 0.6) is 0 Å². The monoisotopic (exact) mass is 397 g/mol. The Bertz CT molecular complexity index is 687. The van der Waals surface area contributed by atoms with Crippen molar-refractivity contribution < 1.29 is 10.9 Å². The summed E-state index contributed by atoms with van der Waals surface area (Å²) in [7, 11) is 0. The Morgan fingerprint density at radius 2 is 2.13 bits per heavy atom. The average Bonchev–Trinajstić information content (AvgIpc) is 2.95. The van der Waals surface area contributed by atoms with E-state index in [0.717, 1.165) is 11.3 Å². The molecular formula is C17H21BrN2O2S. The van der Waals surface area contributed by atoms with Gasteiger partial charge in [0, 0.05) is 10.7 Å². The lowest BCUT2D eigenvalue weighted by molar-refractivity contribution is 0.0503. The Morgan fingerprint density at radius 1 is 1.43 bits per heavy atom. The molecule has 4 nitrogen and oxygen atoms in total. The number of carbonyl (C=O) groups excluding carboxylic acids is 1. The fourth-order valence-electron chi connectivity index (χ4n) is 1.91. The maximum absolute atomic E-state index is 12.2. The van der Waals surface area contributed by atoms with Crippen LogP contribution in [0.25, 0.3) is 0 Å². The van der Waals surface area contributed by atoms with Crippen LogP contribution in [0, 0.1) is 0 Å². The van der Waals surface area contributed by atoms with Gasteiger partial charge in [0.25, 0.3) is 0 Å². The zero-order chi connectivity index (χ0) is 17.8. The van der Waals surface area contributed by atoms with Gasteiger partial charge >= 0.3 is 6.09 Å². The molecule has 0 aliphatic rings. The van der Waals surface area contributed by atoms with Crippen molar-refractivity contribution in [3.05, 3.63) is 52.0 Å². The number of thiazole rings is 1. The standard InChI is InChI=1S/C17H21BrN2O2S/c1-17(2,3)22-16(21)20-14(9-12-7-5-4-6-8-12)15-19-13(10-18)11-23-15/h4-8,11,14H,9-10H2,1-3H3,(H,20,21)/t14-/m0/s1/i14D. The fourth-order valence-corrected chi connectivity index (χ4v) is 3.23. The van der Waals surface area contributed by atoms with Crippen molar-refractivity contribution in [2.24, 2.45) is 0 Å². The first-order chi connectivity index (χ1) is 11.2. The van der Waals surface area contributed by atoms with Crippen molar-refractivity contribution in [2.45, 2.75) is 44.1 Å². The molecule has 0 saturated heterocycles. The van der Waals surface area contributed by atoms with E-state index < -0.39 is 17.7 Å². The molecule has 0 spiro atoms. The second kappa shape index (κ2) is 7.93. The number of alkyl halides is 1. The van der Waals surface area contributed by atoms with Gasteiger partial charge in [-0.25, -0.2) is 9.78 Å². The van der Waals surface area contributed by atoms with Gasteiger partial charge in [-0.15, -0.1) is 11.3 Å². The number of benzene rings is 1. The molecule has 0 unspecified atom stereocenters. The second-order valence-electron chi connectivity index (χ2n) is 6.05. The smallest absolute Gasteiger partial charge is 0.408 e. The molecule has 1 atom stereocenters. The summed E-state index contributed by atoms with van der Waals surface area (Å²) in [5, 5.41) is 5.72. The van der Waals surface area contributed by atoms with Crippen molar-refractivity contribution in [2.75, 3.05) is 0 Å². The van der Waals surface area contributed by atoms with E-state index in [9.17, 15) is 4.79 Å². The van der Waals surface area contributed by atoms with Crippen LogP contribution in [0.1, 0.15) is 44.4 Å². The number of carbonyl (C=O) groups is 1. The number of nitrogens with one attached hydrogen (secondary N) is 1. The lowest BCUT2D eigenvalue weighted by atomic mass is 10.1. The predicted molar refractivity (Wildman–Crippen MR) is 97.0 cm³/mol. The van der Waals surface area contributed by atoms with Crippen LogP contribution in [0.4, 0.5) is 4.79 Å². The molecule has 0 saturated carbocycles. The normalized spacial score (nSPS) is 14.7. The van der Waals surface area contributed by atoms with Gasteiger partial charge in [-0.1, -0.05) is 46.3 Å². The maximum atomic E-state index is 12.2. The molecule has 1 N–H and O–H groups in total. The molecule has 1 aromatic carbocycles. The highest BCUT2D eigenvalue weighted by atomic mass is 79.9. The number of hydrogen-bond acceptors (Lipinski definition) is 4. The van der Waals surface area contributed by atoms with Crippen molar-refractivity contribution in [1.29, 1.82) is 0 Å². The quantitative estimate of drug-likeness (QED) is 0.733. The van der Waals surface area contributed by atoms with E-state index in [1.807, 2.05) is 35.7 Å². The zero-order valence-corrected chi connectivity index (χ0v) is 15.8. The highest BCUT2D eigenvalue weighted by molar-refractivity contribution is 9.08. The van der Waals surface area contributed by atoms with Crippen LogP contribution < -0.4 is 5.32 Å². The maximum Gasteiger partial charge on any atom is 0.408 e. The third-order valence-corrected chi connectivity index (χ3v) is 4.35. The second-order valence-corrected chi connectivity index (χ2v) is 7.46. The molecule has 0 bridgehead atoms. The van der Waals surface area contributed by atoms with E-state index in [1.165, 1.54) is 11.3 Å². The molecular weight excluding hydrogens is 376 g/mol. The van der Waals surface area contributed by atoms with Crippen LogP contribution >= 0.6 is 27.3 Å². The summed E-state index contributed by atoms with van der Waals surface area (Å²) >= 11 is 4.73. The lowest BCUT2D eigenvalue weighted by Crippen LogP contribution is -2.35. The summed E-state index contributed by atoms with van der Waals surface area (Å²) in [6.07, 6.45) is -0.313. The molecule has 2 aromatic rings. The van der Waals surface area contributed by atoms with Crippen LogP contribution in [-0.4, -0.2) is 16.7 Å². The van der Waals surface area contributed by atoms with Crippen LogP contribution in [0.15, 0.2) is 35.7 Å². The summed E-state index contributed by atoms with van der Waals surface area (Å²) in [4.78, 5) is 16.7. The SMILES string of the molecule is [2H][C@@](Cc1ccccc1)(NC(=O)OC(C)(C)C)c1nc(CBr)cs1. The minimum atomic E-state index is -1.38. The highest BCUT2D eigenvalue weighted by Crippen LogP contribution is 2.24. The molecule has 0 aliphatic carbocycles. The number of aromatic nitrogens is 1. The molecule has 1 aromatic heterocycles. The number of ether oxygens (including phenoxy) is 1. The molecule has 23 heavy (non-hydrogen) atoms. The Hall–Kier alpha value is -1.40. The number of halogens is 1. The van der Waals surface area contributed by atoms with Gasteiger partial charge in [-0.2, -0.15) is 0 Å². The van der Waals surface area contributed by atoms with Gasteiger partial charge in [0.2, 0.25) is 0 Å². The van der Waals surface area contributed by atoms with E-state index in [0.29, 0.717) is 16.8 Å². The number of rotatable bonds is 5. The third kappa shape index (κ3) is 5.95. The first-order valence-electron chi connectivity index (χ1n) is 7.78. The van der Waals surface area contributed by atoms with Crippen molar-refractivity contribution in [1.82, 2.24) is 10.3 Å². The van der Waals surface area contributed by atoms with Gasteiger partial charge < -0.3 is 10.1 Å². The topological polar surface area (TPSA) is 51.2 Å². The third-order valence-electron chi connectivity index (χ3n) is 2.82. The van der Waals surface area contributed by atoms with Gasteiger partial charge in [0.15, 0.2) is 0 Å². The van der Waals surface area contributed by atoms with Crippen molar-refractivity contribution in [3.63, 3.8) is 0 Å². The first-order valence-corrected chi connectivity index (χ1v) is 9.28. The fraction of sp³-hybridized carbons (Fsp3) is 0.412. The van der Waals surface area contributed by atoms with E-state index in [-0.39, 0.29) is 0 Å². The number of amides is 1. The molecule has 124 valence electrons. The van der Waals surface area contributed by atoms with E-state index in [4.69, 9.17) is 6.11 Å². The largest absolute Gasteiger partial charge is 0.444 e. The predicted octanol–water partition coefficient (Wildman–Crippen LogP) is 4.85. The molecule has 0 radical (unpaired) electrons. The molecule has 1 amide bonds. The minimum Gasteiger partial charge on any atom is -0.444 e. The van der Waals surface area contributed by atoms with E-state index in [2.05, 4.69) is 26.2 Å². The van der Waals surface area contributed by atoms with Crippen LogP contribution in [0.2, 0.25) is 0 Å². The van der Waals surface area contributed by atoms with Crippen molar-refractivity contribution in [3.8, 4) is 0 Å². The van der Waals surface area contributed by atoms with Crippen LogP contribution in [0.3, 0.4) is 0 Å². The lowest BCUT2D eigenvalue weighted by Gasteiger charge is -2.23. The zero-order valence-electron chi connectivity index (χ0n) is 14.4. The number of alkyl carbamates (subject to hydrolysis) is 1. The Morgan fingerprint density at radius 3 is 2.70 bits per heavy atom. The minimum absolute atomic E-state index is 0.308. The number of hydrogen-bond donors (Lipinski definition) is 1. The summed E-state index contributed by atoms with van der Waals surface area (Å²) in [6, 6.07) is 8.22. The molecule has 0 aliphatic heterocycles. The highest BCUT2D eigenvalue weighted by Gasteiger charge is 2.22. The van der Waals surface area contributed by atoms with Gasteiger partial charge in [0.1, 0.15) is 10.6 Å². The Balaban J connectivity index is 2.28. The van der Waals surface area contributed by atoms with Crippen LogP contribution in [-0.2, 0) is 16.5 Å². The summed E-state index contributed by atoms with van der Waals surface area (Å²) in [5.41, 5.74) is 1.16. The summed E-state index contributed by atoms with van der Waals surface area (Å²) < 4.78 is 14.2. The first kappa shape index (κ1) is 16.5. The molecule has 6 heteroatoms. The Kier molecular flexibility index (Phi) is 5.67. The summed E-state index contributed by atoms with van der Waals surface area (Å²) in [5.74, 6) is 0. The van der Waals surface area contributed by atoms with E-state index in [1.54, 1.807) is 20.8 Å². The Labute approximate surface area is 150 Å². The van der Waals surface area contributed by atoms with Gasteiger partial charge in [-0.05, 0) is 32.8 Å². The molecule has 0 fully saturated rings. The molecule has 2 rings (SSSR count).